The van der Waals surface area contributed by atoms with Crippen LogP contribution >= 0.6 is 0 Å². The lowest BCUT2D eigenvalue weighted by Crippen LogP contribution is -2.57. The molecule has 1 amide bonds. The van der Waals surface area contributed by atoms with Gasteiger partial charge in [0.25, 0.3) is 0 Å². The van der Waals surface area contributed by atoms with Crippen LogP contribution in [0, 0.1) is 5.92 Å². The molecule has 1 saturated carbocycles. The summed E-state index contributed by atoms with van der Waals surface area (Å²) in [5.41, 5.74) is 1.97. The van der Waals surface area contributed by atoms with Gasteiger partial charge in [0.2, 0.25) is 15.9 Å². The summed E-state index contributed by atoms with van der Waals surface area (Å²) in [5, 5.41) is 0.796. The molecule has 1 aliphatic heterocycles. The smallest absolute Gasteiger partial charge is 0.242 e. The Morgan fingerprint density at radius 1 is 0.947 bits per heavy atom. The Kier molecular flexibility index (Phi) is 7.58. The average Bonchev–Trinajstić information content (AvgIpc) is 2.92. The van der Waals surface area contributed by atoms with Crippen molar-refractivity contribution in [3.05, 3.63) is 72.4 Å². The molecule has 2 aromatic carbocycles. The lowest BCUT2D eigenvalue weighted by Gasteiger charge is -2.48. The molecule has 3 aromatic rings. The number of para-hydroxylation sites is 1. The van der Waals surface area contributed by atoms with Crippen LogP contribution in [-0.2, 0) is 14.8 Å². The maximum atomic E-state index is 13.8. The van der Waals surface area contributed by atoms with Crippen molar-refractivity contribution >= 4 is 26.8 Å². The monoisotopic (exact) mass is 534 g/mol. The molecule has 1 N–H and O–H groups in total. The Balaban J connectivity index is 1.24. The summed E-state index contributed by atoms with van der Waals surface area (Å²) in [4.78, 5) is 22.8. The number of amides is 1. The van der Waals surface area contributed by atoms with Crippen molar-refractivity contribution < 1.29 is 13.2 Å². The minimum absolute atomic E-state index is 0.0216. The largest absolute Gasteiger partial charge is 0.333 e. The molecule has 1 saturated heterocycles. The highest BCUT2D eigenvalue weighted by atomic mass is 32.2. The molecular formula is C30H38N4O3S. The van der Waals surface area contributed by atoms with Gasteiger partial charge in [-0.3, -0.25) is 14.7 Å². The van der Waals surface area contributed by atoms with Gasteiger partial charge in [-0.1, -0.05) is 48.5 Å². The van der Waals surface area contributed by atoms with Crippen LogP contribution in [0.25, 0.3) is 10.9 Å². The molecule has 2 fully saturated rings. The van der Waals surface area contributed by atoms with Crippen molar-refractivity contribution in [2.24, 2.45) is 5.92 Å². The number of aromatic nitrogens is 1. The zero-order chi connectivity index (χ0) is 26.9. The Morgan fingerprint density at radius 3 is 2.34 bits per heavy atom. The van der Waals surface area contributed by atoms with Crippen molar-refractivity contribution in [3.8, 4) is 0 Å². The van der Waals surface area contributed by atoms with Gasteiger partial charge in [0.05, 0.1) is 11.6 Å². The molecule has 1 aromatic heterocycles. The highest BCUT2D eigenvalue weighted by Gasteiger charge is 2.39. The summed E-state index contributed by atoms with van der Waals surface area (Å²) < 4.78 is 29.0. The predicted octanol–water partition coefficient (Wildman–Crippen LogP) is 4.76. The van der Waals surface area contributed by atoms with E-state index < -0.39 is 10.0 Å². The summed E-state index contributed by atoms with van der Waals surface area (Å²) >= 11 is 0. The lowest BCUT2D eigenvalue weighted by molar-refractivity contribution is -0.143. The van der Waals surface area contributed by atoms with Crippen molar-refractivity contribution in [1.82, 2.24) is 19.5 Å². The summed E-state index contributed by atoms with van der Waals surface area (Å²) in [7, 11) is -3.69. The maximum Gasteiger partial charge on any atom is 0.242 e. The van der Waals surface area contributed by atoms with Crippen LogP contribution in [0.2, 0.25) is 0 Å². The molecule has 202 valence electrons. The second-order valence-corrected chi connectivity index (χ2v) is 13.3. The fraction of sp³-hybridized carbons (Fsp3) is 0.467. The standard InChI is InChI=1S/C30H38N4O3S/c1-30(2,3)33-17-18-34(28(21-33)22-9-5-4-6-10-22)29(35)23-13-15-25(16-14-23)32-38(36,37)26-19-24-11-7-8-12-27(24)31-20-26/h4-12,19-20,23,25,28,32H,13-18,21H2,1-3H3. The van der Waals surface area contributed by atoms with Crippen LogP contribution in [-0.4, -0.2) is 60.3 Å². The number of benzene rings is 2. The van der Waals surface area contributed by atoms with Gasteiger partial charge in [0.15, 0.2) is 0 Å². The Bertz CT molecular complexity index is 1380. The van der Waals surface area contributed by atoms with Gasteiger partial charge in [0, 0.05) is 48.7 Å². The minimum Gasteiger partial charge on any atom is -0.333 e. The van der Waals surface area contributed by atoms with E-state index in [9.17, 15) is 13.2 Å². The molecule has 1 aliphatic carbocycles. The highest BCUT2D eigenvalue weighted by Crippen LogP contribution is 2.34. The van der Waals surface area contributed by atoms with Gasteiger partial charge in [-0.25, -0.2) is 13.1 Å². The molecule has 0 bridgehead atoms. The Morgan fingerprint density at radius 2 is 1.63 bits per heavy atom. The number of nitrogens with zero attached hydrogens (tertiary/aromatic N) is 3. The van der Waals surface area contributed by atoms with Gasteiger partial charge in [0.1, 0.15) is 4.90 Å². The number of carbonyl (C=O) groups excluding carboxylic acids is 1. The Labute approximate surface area is 226 Å². The third-order valence-corrected chi connectivity index (χ3v) is 9.56. The van der Waals surface area contributed by atoms with Gasteiger partial charge in [-0.15, -0.1) is 0 Å². The zero-order valence-electron chi connectivity index (χ0n) is 22.5. The van der Waals surface area contributed by atoms with Crippen LogP contribution < -0.4 is 4.72 Å². The molecule has 2 aliphatic rings. The van der Waals surface area contributed by atoms with E-state index >= 15 is 0 Å². The molecule has 1 unspecified atom stereocenters. The summed E-state index contributed by atoms with van der Waals surface area (Å²) in [6, 6.07) is 19.3. The van der Waals surface area contributed by atoms with Crippen LogP contribution in [0.1, 0.15) is 58.1 Å². The number of carbonyl (C=O) groups is 1. The first-order chi connectivity index (χ1) is 18.1. The number of hydrogen-bond acceptors (Lipinski definition) is 5. The number of pyridine rings is 1. The molecule has 5 rings (SSSR count). The SMILES string of the molecule is CC(C)(C)N1CCN(C(=O)C2CCC(NS(=O)(=O)c3cnc4ccccc4c3)CC2)C(c2ccccc2)C1. The van der Waals surface area contributed by atoms with Gasteiger partial charge in [-0.2, -0.15) is 0 Å². The number of sulfonamides is 1. The third kappa shape index (κ3) is 5.77. The van der Waals surface area contributed by atoms with E-state index in [1.54, 1.807) is 6.07 Å². The first-order valence-electron chi connectivity index (χ1n) is 13.6. The van der Waals surface area contributed by atoms with E-state index in [-0.39, 0.29) is 34.3 Å². The van der Waals surface area contributed by atoms with Crippen molar-refractivity contribution in [1.29, 1.82) is 0 Å². The van der Waals surface area contributed by atoms with E-state index in [1.807, 2.05) is 42.5 Å². The van der Waals surface area contributed by atoms with Gasteiger partial charge >= 0.3 is 0 Å². The summed E-state index contributed by atoms with van der Waals surface area (Å²) in [6.45, 7) is 9.05. The van der Waals surface area contributed by atoms with Gasteiger partial charge in [-0.05, 0) is 64.2 Å². The summed E-state index contributed by atoms with van der Waals surface area (Å²) in [6.07, 6.45) is 4.08. The molecule has 38 heavy (non-hydrogen) atoms. The van der Waals surface area contributed by atoms with E-state index in [4.69, 9.17) is 0 Å². The molecular weight excluding hydrogens is 496 g/mol. The number of nitrogens with one attached hydrogen (secondary N) is 1. The molecule has 2 heterocycles. The minimum atomic E-state index is -3.69. The molecule has 0 radical (unpaired) electrons. The van der Waals surface area contributed by atoms with Crippen LogP contribution in [0.5, 0.6) is 0 Å². The molecule has 7 nitrogen and oxygen atoms in total. The second kappa shape index (κ2) is 10.8. The van der Waals surface area contributed by atoms with E-state index in [2.05, 4.69) is 52.4 Å². The number of hydrogen-bond donors (Lipinski definition) is 1. The highest BCUT2D eigenvalue weighted by molar-refractivity contribution is 7.89. The molecule has 8 heteroatoms. The van der Waals surface area contributed by atoms with E-state index in [1.165, 1.54) is 11.8 Å². The fourth-order valence-electron chi connectivity index (χ4n) is 5.79. The van der Waals surface area contributed by atoms with Crippen molar-refractivity contribution in [3.63, 3.8) is 0 Å². The van der Waals surface area contributed by atoms with E-state index in [0.717, 1.165) is 24.0 Å². The Hall–Kier alpha value is -2.81. The number of rotatable bonds is 5. The van der Waals surface area contributed by atoms with E-state index in [0.29, 0.717) is 32.2 Å². The lowest BCUT2D eigenvalue weighted by atomic mass is 9.84. The van der Waals surface area contributed by atoms with Crippen LogP contribution in [0.4, 0.5) is 0 Å². The van der Waals surface area contributed by atoms with Crippen LogP contribution in [0.3, 0.4) is 0 Å². The molecule has 0 spiro atoms. The number of fused-ring (bicyclic) bond motifs is 1. The zero-order valence-corrected chi connectivity index (χ0v) is 23.3. The van der Waals surface area contributed by atoms with Crippen molar-refractivity contribution in [2.45, 2.75) is 69.0 Å². The van der Waals surface area contributed by atoms with Gasteiger partial charge < -0.3 is 4.90 Å². The third-order valence-electron chi connectivity index (χ3n) is 8.07. The average molecular weight is 535 g/mol. The second-order valence-electron chi connectivity index (χ2n) is 11.6. The predicted molar refractivity (Wildman–Crippen MR) is 150 cm³/mol. The first-order valence-corrected chi connectivity index (χ1v) is 15.1. The van der Waals surface area contributed by atoms with Crippen molar-refractivity contribution in [2.75, 3.05) is 19.6 Å². The fourth-order valence-corrected chi connectivity index (χ4v) is 7.08. The number of piperazine rings is 1. The molecule has 1 atom stereocenters. The quantitative estimate of drug-likeness (QED) is 0.511. The van der Waals surface area contributed by atoms with Crippen LogP contribution in [0.15, 0.2) is 71.8 Å². The first kappa shape index (κ1) is 26.8. The topological polar surface area (TPSA) is 82.6 Å². The normalized spacial score (nSPS) is 23.4. The summed E-state index contributed by atoms with van der Waals surface area (Å²) in [5.74, 6) is 0.123. The maximum absolute atomic E-state index is 13.8.